The second kappa shape index (κ2) is 5.14. The van der Waals surface area contributed by atoms with Gasteiger partial charge in [0.1, 0.15) is 24.1 Å². The van der Waals surface area contributed by atoms with Crippen molar-refractivity contribution in [3.8, 4) is 34.1 Å². The Morgan fingerprint density at radius 3 is 2.69 bits per heavy atom. The van der Waals surface area contributed by atoms with Crippen molar-refractivity contribution in [3.05, 3.63) is 78.1 Å². The van der Waals surface area contributed by atoms with Gasteiger partial charge >= 0.3 is 0 Å². The predicted molar refractivity (Wildman–Crippen MR) is 103 cm³/mol. The summed E-state index contributed by atoms with van der Waals surface area (Å²) in [4.78, 5) is 8.46. The van der Waals surface area contributed by atoms with E-state index in [1.54, 1.807) is 6.33 Å². The number of rotatable bonds is 1. The number of benzene rings is 2. The van der Waals surface area contributed by atoms with E-state index >= 15 is 0 Å². The van der Waals surface area contributed by atoms with Crippen LogP contribution in [0.1, 0.15) is 16.8 Å². The smallest absolute Gasteiger partial charge is 0.231 e. The number of hydrogen-bond donors (Lipinski definition) is 0. The van der Waals surface area contributed by atoms with Crippen molar-refractivity contribution < 1.29 is 14.2 Å². The molecule has 3 aliphatic heterocycles. The topological polar surface area (TPSA) is 71.3 Å². The Bertz CT molecular complexity index is 1300. The highest BCUT2D eigenvalue weighted by atomic mass is 16.7. The summed E-state index contributed by atoms with van der Waals surface area (Å²) in [5, 5.41) is 4.61. The van der Waals surface area contributed by atoms with E-state index in [1.165, 1.54) is 0 Å². The first-order valence-electron chi connectivity index (χ1n) is 9.37. The minimum absolute atomic E-state index is 0.229. The van der Waals surface area contributed by atoms with Gasteiger partial charge < -0.3 is 14.2 Å². The molecule has 1 atom stereocenters. The first-order chi connectivity index (χ1) is 14.4. The Hall–Kier alpha value is -3.87. The lowest BCUT2D eigenvalue weighted by atomic mass is 9.72. The van der Waals surface area contributed by atoms with Gasteiger partial charge in [-0.1, -0.05) is 12.1 Å². The zero-order valence-corrected chi connectivity index (χ0v) is 15.2. The molecule has 140 valence electrons. The SMILES string of the molecule is c1cc(-c2cncnc2)c2c(c1)-n1nccc1C21COc2cc3c(cc21)OCO3. The Balaban J connectivity index is 1.58. The molecule has 1 spiro atoms. The number of hydrogen-bond acceptors (Lipinski definition) is 6. The van der Waals surface area contributed by atoms with Gasteiger partial charge in [0.15, 0.2) is 11.5 Å². The van der Waals surface area contributed by atoms with E-state index < -0.39 is 5.41 Å². The molecule has 0 aliphatic carbocycles. The van der Waals surface area contributed by atoms with E-state index in [9.17, 15) is 0 Å². The minimum Gasteiger partial charge on any atom is -0.491 e. The lowest BCUT2D eigenvalue weighted by molar-refractivity contribution is 0.173. The van der Waals surface area contributed by atoms with Gasteiger partial charge in [-0.25, -0.2) is 14.6 Å². The van der Waals surface area contributed by atoms with E-state index in [-0.39, 0.29) is 6.79 Å². The van der Waals surface area contributed by atoms with Crippen molar-refractivity contribution in [1.82, 2.24) is 19.7 Å². The fourth-order valence-corrected chi connectivity index (χ4v) is 4.85. The minimum atomic E-state index is -0.491. The molecule has 5 heterocycles. The standard InChI is InChI=1S/C22H14N4O3/c1-2-14(13-8-23-11-24-9-13)21-16(3-1)26-20(4-5-25-26)22(21)10-27-17-7-19-18(6-15(17)22)28-12-29-19/h1-9,11H,10,12H2. The lowest BCUT2D eigenvalue weighted by Crippen LogP contribution is -2.29. The molecule has 3 aliphatic rings. The number of aromatic nitrogens is 4. The maximum absolute atomic E-state index is 6.23. The molecule has 0 amide bonds. The average molecular weight is 382 g/mol. The molecule has 7 heteroatoms. The third-order valence-corrected chi connectivity index (χ3v) is 6.03. The van der Waals surface area contributed by atoms with E-state index in [2.05, 4.69) is 39.3 Å². The van der Waals surface area contributed by atoms with E-state index in [0.29, 0.717) is 6.61 Å². The van der Waals surface area contributed by atoms with Crippen LogP contribution in [-0.2, 0) is 5.41 Å². The van der Waals surface area contributed by atoms with Crippen LogP contribution in [0, 0.1) is 0 Å². The van der Waals surface area contributed by atoms with Crippen LogP contribution in [-0.4, -0.2) is 33.1 Å². The van der Waals surface area contributed by atoms with Crippen molar-refractivity contribution >= 4 is 0 Å². The van der Waals surface area contributed by atoms with Crippen LogP contribution in [0.25, 0.3) is 16.8 Å². The summed E-state index contributed by atoms with van der Waals surface area (Å²) < 4.78 is 19.5. The molecule has 0 fully saturated rings. The summed E-state index contributed by atoms with van der Waals surface area (Å²) in [5.74, 6) is 2.28. The van der Waals surface area contributed by atoms with Gasteiger partial charge in [-0.15, -0.1) is 0 Å². The van der Waals surface area contributed by atoms with Crippen molar-refractivity contribution in [2.75, 3.05) is 13.4 Å². The fourth-order valence-electron chi connectivity index (χ4n) is 4.85. The first kappa shape index (κ1) is 15.1. The molecule has 7 nitrogen and oxygen atoms in total. The van der Waals surface area contributed by atoms with Gasteiger partial charge in [-0.2, -0.15) is 5.10 Å². The maximum atomic E-state index is 6.23. The number of nitrogens with zero attached hydrogens (tertiary/aromatic N) is 4. The van der Waals surface area contributed by atoms with Gasteiger partial charge in [-0.05, 0) is 23.8 Å². The van der Waals surface area contributed by atoms with Crippen LogP contribution in [0.4, 0.5) is 0 Å². The van der Waals surface area contributed by atoms with Gasteiger partial charge in [0.25, 0.3) is 0 Å². The molecule has 2 aromatic carbocycles. The first-order valence-corrected chi connectivity index (χ1v) is 9.37. The van der Waals surface area contributed by atoms with Crippen molar-refractivity contribution in [2.24, 2.45) is 0 Å². The third-order valence-electron chi connectivity index (χ3n) is 6.03. The fraction of sp³-hybridized carbons (Fsp3) is 0.136. The zero-order valence-electron chi connectivity index (χ0n) is 15.2. The van der Waals surface area contributed by atoms with Crippen LogP contribution in [0.3, 0.4) is 0 Å². The molecule has 0 N–H and O–H groups in total. The summed E-state index contributed by atoms with van der Waals surface area (Å²) in [6, 6.07) is 12.3. The van der Waals surface area contributed by atoms with Gasteiger partial charge in [0.2, 0.25) is 6.79 Å². The van der Waals surface area contributed by atoms with Gasteiger partial charge in [0, 0.05) is 41.3 Å². The third kappa shape index (κ3) is 1.75. The van der Waals surface area contributed by atoms with Crippen LogP contribution in [0.5, 0.6) is 17.2 Å². The van der Waals surface area contributed by atoms with E-state index in [1.807, 2.05) is 35.4 Å². The second-order valence-electron chi connectivity index (χ2n) is 7.35. The van der Waals surface area contributed by atoms with Gasteiger partial charge in [0.05, 0.1) is 11.4 Å². The molecule has 0 bridgehead atoms. The highest BCUT2D eigenvalue weighted by molar-refractivity contribution is 5.80. The summed E-state index contributed by atoms with van der Waals surface area (Å²) in [6.07, 6.45) is 7.06. The molecule has 1 unspecified atom stereocenters. The van der Waals surface area contributed by atoms with Crippen molar-refractivity contribution in [2.45, 2.75) is 5.41 Å². The van der Waals surface area contributed by atoms with Crippen LogP contribution in [0.2, 0.25) is 0 Å². The Labute approximate surface area is 165 Å². The molecular formula is C22H14N4O3. The monoisotopic (exact) mass is 382 g/mol. The molecule has 0 saturated carbocycles. The molecular weight excluding hydrogens is 368 g/mol. The van der Waals surface area contributed by atoms with Crippen LogP contribution < -0.4 is 14.2 Å². The van der Waals surface area contributed by atoms with Crippen LogP contribution in [0.15, 0.2) is 61.3 Å². The normalized spacial score (nSPS) is 19.7. The van der Waals surface area contributed by atoms with E-state index in [0.717, 1.165) is 50.9 Å². The quantitative estimate of drug-likeness (QED) is 0.504. The van der Waals surface area contributed by atoms with Crippen LogP contribution >= 0.6 is 0 Å². The molecule has 29 heavy (non-hydrogen) atoms. The van der Waals surface area contributed by atoms with E-state index in [4.69, 9.17) is 14.2 Å². The van der Waals surface area contributed by atoms with Crippen molar-refractivity contribution in [3.63, 3.8) is 0 Å². The summed E-state index contributed by atoms with van der Waals surface area (Å²) in [7, 11) is 0. The predicted octanol–water partition coefficient (Wildman–Crippen LogP) is 3.10. The highest BCUT2D eigenvalue weighted by Crippen LogP contribution is 2.57. The highest BCUT2D eigenvalue weighted by Gasteiger charge is 2.53. The Morgan fingerprint density at radius 1 is 0.931 bits per heavy atom. The zero-order chi connectivity index (χ0) is 19.0. The largest absolute Gasteiger partial charge is 0.491 e. The number of fused-ring (bicyclic) bond motifs is 8. The lowest BCUT2D eigenvalue weighted by Gasteiger charge is -2.25. The Morgan fingerprint density at radius 2 is 1.79 bits per heavy atom. The molecule has 4 aromatic rings. The Kier molecular flexibility index (Phi) is 2.67. The number of ether oxygens (including phenoxy) is 3. The summed E-state index contributed by atoms with van der Waals surface area (Å²) in [6.45, 7) is 0.709. The molecule has 0 saturated heterocycles. The molecule has 7 rings (SSSR count). The molecule has 2 aromatic heterocycles. The van der Waals surface area contributed by atoms with Gasteiger partial charge in [-0.3, -0.25) is 0 Å². The average Bonchev–Trinajstić information content (AvgIpc) is 3.53. The summed E-state index contributed by atoms with van der Waals surface area (Å²) in [5.41, 5.74) is 5.87. The summed E-state index contributed by atoms with van der Waals surface area (Å²) >= 11 is 0. The second-order valence-corrected chi connectivity index (χ2v) is 7.35. The molecule has 0 radical (unpaired) electrons. The maximum Gasteiger partial charge on any atom is 0.231 e. The van der Waals surface area contributed by atoms with Crippen molar-refractivity contribution in [1.29, 1.82) is 0 Å².